The van der Waals surface area contributed by atoms with E-state index in [0.29, 0.717) is 0 Å². The smallest absolute Gasteiger partial charge is 0.161 e. The highest BCUT2D eigenvalue weighted by molar-refractivity contribution is 6.22. The molecule has 0 unspecified atom stereocenters. The standard InChI is InChI=1S/2C38H23NO2/c1-2-10-26(11-3-1)39-31-16-6-4-12-29(31)38-37(39)36-28(15-9-19-34(36)41-38)25-22-20-24(21-23-25)27-14-8-18-33-35(27)30-13-5-7-17-32(30)40-33;1-2-9-27(10-3-1)39-32-14-6-4-12-30(32)38-37(39)36-28(13-8-16-35(36)41-38)25-19-17-24(18-20-25)26-21-22-34-31(23-26)29-11-5-7-15-33(29)40-34/h2*1-23H. The normalized spacial score (nSPS) is 11.9. The second kappa shape index (κ2) is 18.2. The van der Waals surface area contributed by atoms with Gasteiger partial charge in [0.05, 0.1) is 21.8 Å². The fourth-order valence-electron chi connectivity index (χ4n) is 12.8. The Morgan fingerprint density at radius 1 is 0.220 bits per heavy atom. The van der Waals surface area contributed by atoms with Gasteiger partial charge in [0.25, 0.3) is 0 Å². The third kappa shape index (κ3) is 7.08. The fourth-order valence-corrected chi connectivity index (χ4v) is 12.8. The van der Waals surface area contributed by atoms with Crippen LogP contribution in [0.4, 0.5) is 0 Å². The molecule has 0 atom stereocenters. The molecule has 0 fully saturated rings. The monoisotopic (exact) mass is 1050 g/mol. The van der Waals surface area contributed by atoms with Crippen LogP contribution < -0.4 is 0 Å². The predicted molar refractivity (Wildman–Crippen MR) is 337 cm³/mol. The summed E-state index contributed by atoms with van der Waals surface area (Å²) in [7, 11) is 0. The molecule has 18 rings (SSSR count). The number of rotatable bonds is 6. The van der Waals surface area contributed by atoms with Crippen LogP contribution in [0.2, 0.25) is 0 Å². The number of hydrogen-bond acceptors (Lipinski definition) is 4. The quantitative estimate of drug-likeness (QED) is 0.166. The van der Waals surface area contributed by atoms with E-state index in [1.807, 2.05) is 30.3 Å². The summed E-state index contributed by atoms with van der Waals surface area (Å²) in [6.45, 7) is 0. The largest absolute Gasteiger partial charge is 0.456 e. The zero-order valence-electron chi connectivity index (χ0n) is 44.1. The van der Waals surface area contributed by atoms with Gasteiger partial charge in [-0.2, -0.15) is 0 Å². The molecule has 0 saturated carbocycles. The van der Waals surface area contributed by atoms with Crippen molar-refractivity contribution in [3.05, 3.63) is 279 Å². The third-order valence-electron chi connectivity index (χ3n) is 16.5. The van der Waals surface area contributed by atoms with Crippen molar-refractivity contribution in [2.45, 2.75) is 0 Å². The molecule has 0 radical (unpaired) electrons. The summed E-state index contributed by atoms with van der Waals surface area (Å²) in [4.78, 5) is 0. The van der Waals surface area contributed by atoms with Gasteiger partial charge in [0.1, 0.15) is 44.5 Å². The van der Waals surface area contributed by atoms with Crippen molar-refractivity contribution in [3.8, 4) is 55.9 Å². The van der Waals surface area contributed by atoms with Crippen molar-refractivity contribution in [1.82, 2.24) is 9.13 Å². The van der Waals surface area contributed by atoms with Crippen molar-refractivity contribution in [2.24, 2.45) is 0 Å². The van der Waals surface area contributed by atoms with Crippen LogP contribution in [0.5, 0.6) is 0 Å². The highest BCUT2D eigenvalue weighted by atomic mass is 16.3. The van der Waals surface area contributed by atoms with E-state index in [4.69, 9.17) is 17.7 Å². The number of para-hydroxylation sites is 6. The second-order valence-electron chi connectivity index (χ2n) is 21.0. The minimum Gasteiger partial charge on any atom is -0.456 e. The lowest BCUT2D eigenvalue weighted by Crippen LogP contribution is -1.93. The summed E-state index contributed by atoms with van der Waals surface area (Å²) < 4.78 is 30.0. The molecule has 82 heavy (non-hydrogen) atoms. The van der Waals surface area contributed by atoms with Crippen molar-refractivity contribution in [2.75, 3.05) is 0 Å². The summed E-state index contributed by atoms with van der Waals surface area (Å²) in [5.74, 6) is 0. The van der Waals surface area contributed by atoms with E-state index in [0.717, 1.165) is 149 Å². The van der Waals surface area contributed by atoms with E-state index >= 15 is 0 Å². The Morgan fingerprint density at radius 3 is 1.11 bits per heavy atom. The van der Waals surface area contributed by atoms with Gasteiger partial charge < -0.3 is 26.8 Å². The van der Waals surface area contributed by atoms with E-state index in [-0.39, 0.29) is 0 Å². The maximum atomic E-state index is 6.57. The SMILES string of the molecule is c1ccc(-n2c3ccccc3c3oc4cccc(-c5ccc(-c6ccc7oc8ccccc8c7c6)cc5)c4c32)cc1.c1ccc(-n2c3ccccc3c3oc4cccc(-c5ccc(-c6cccc7oc8ccccc8c67)cc5)c4c32)cc1. The van der Waals surface area contributed by atoms with Gasteiger partial charge in [-0.3, -0.25) is 0 Å². The molecular formula is C76H46N2O4. The first-order chi connectivity index (χ1) is 40.7. The first kappa shape index (κ1) is 45.9. The van der Waals surface area contributed by atoms with E-state index in [1.165, 1.54) is 16.7 Å². The number of hydrogen-bond donors (Lipinski definition) is 0. The lowest BCUT2D eigenvalue weighted by Gasteiger charge is -2.10. The summed E-state index contributed by atoms with van der Waals surface area (Å²) >= 11 is 0. The molecule has 0 bridgehead atoms. The average Bonchev–Trinajstić information content (AvgIpc) is 3.69. The molecule has 12 aromatic carbocycles. The second-order valence-corrected chi connectivity index (χ2v) is 21.0. The van der Waals surface area contributed by atoms with Gasteiger partial charge in [-0.25, -0.2) is 0 Å². The van der Waals surface area contributed by atoms with Gasteiger partial charge in [0.15, 0.2) is 11.2 Å². The van der Waals surface area contributed by atoms with Crippen LogP contribution in [0, 0.1) is 0 Å². The molecule has 0 aliphatic carbocycles. The third-order valence-corrected chi connectivity index (χ3v) is 16.5. The van der Waals surface area contributed by atoms with Crippen LogP contribution in [-0.2, 0) is 0 Å². The van der Waals surface area contributed by atoms with Gasteiger partial charge in [0, 0.05) is 43.7 Å². The molecule has 384 valence electrons. The van der Waals surface area contributed by atoms with Crippen molar-refractivity contribution < 1.29 is 17.7 Å². The minimum absolute atomic E-state index is 0.890. The zero-order valence-corrected chi connectivity index (χ0v) is 44.1. The van der Waals surface area contributed by atoms with Crippen molar-refractivity contribution in [1.29, 1.82) is 0 Å². The topological polar surface area (TPSA) is 62.4 Å². The Hall–Kier alpha value is -11.1. The summed E-state index contributed by atoms with van der Waals surface area (Å²) in [5, 5.41) is 9.06. The Morgan fingerprint density at radius 2 is 0.585 bits per heavy atom. The highest BCUT2D eigenvalue weighted by Gasteiger charge is 2.24. The lowest BCUT2D eigenvalue weighted by molar-refractivity contribution is 0.668. The Kier molecular flexibility index (Phi) is 10.2. The number of aromatic nitrogens is 2. The molecule has 6 nitrogen and oxygen atoms in total. The molecule has 0 N–H and O–H groups in total. The maximum absolute atomic E-state index is 6.57. The average molecular weight is 1050 g/mol. The highest BCUT2D eigenvalue weighted by Crippen LogP contribution is 2.46. The molecule has 0 aliphatic heterocycles. The summed E-state index contributed by atoms with van der Waals surface area (Å²) in [6, 6.07) is 97.7. The van der Waals surface area contributed by atoms with Gasteiger partial charge in [-0.05, 0) is 136 Å². The molecule has 18 aromatic rings. The van der Waals surface area contributed by atoms with Crippen molar-refractivity contribution >= 4 is 110 Å². The van der Waals surface area contributed by atoms with Crippen LogP contribution in [0.25, 0.3) is 166 Å². The maximum Gasteiger partial charge on any atom is 0.161 e. The Labute approximate surface area is 469 Å². The minimum atomic E-state index is 0.890. The number of nitrogens with zero attached hydrogens (tertiary/aromatic N) is 2. The Balaban J connectivity index is 0.000000130. The molecule has 0 spiro atoms. The molecule has 6 heteroatoms. The molecular weight excluding hydrogens is 1000 g/mol. The molecule has 0 saturated heterocycles. The predicted octanol–water partition coefficient (Wildman–Crippen LogP) is 21.5. The fraction of sp³-hybridized carbons (Fsp3) is 0. The van der Waals surface area contributed by atoms with Crippen LogP contribution in [0.15, 0.2) is 297 Å². The zero-order chi connectivity index (χ0) is 53.8. The van der Waals surface area contributed by atoms with Crippen LogP contribution in [0.1, 0.15) is 0 Å². The van der Waals surface area contributed by atoms with Gasteiger partial charge >= 0.3 is 0 Å². The molecule has 0 aliphatic rings. The lowest BCUT2D eigenvalue weighted by atomic mass is 9.95. The van der Waals surface area contributed by atoms with Gasteiger partial charge in [0.2, 0.25) is 0 Å². The first-order valence-corrected chi connectivity index (χ1v) is 27.7. The van der Waals surface area contributed by atoms with Crippen LogP contribution >= 0.6 is 0 Å². The molecule has 6 heterocycles. The molecule has 0 amide bonds. The van der Waals surface area contributed by atoms with Gasteiger partial charge in [-0.1, -0.05) is 188 Å². The van der Waals surface area contributed by atoms with E-state index in [9.17, 15) is 0 Å². The number of benzene rings is 12. The van der Waals surface area contributed by atoms with E-state index in [2.05, 4.69) is 258 Å². The Bertz CT molecular complexity index is 5500. The van der Waals surface area contributed by atoms with Crippen LogP contribution in [0.3, 0.4) is 0 Å². The number of furan rings is 4. The van der Waals surface area contributed by atoms with Gasteiger partial charge in [-0.15, -0.1) is 0 Å². The molecule has 6 aromatic heterocycles. The van der Waals surface area contributed by atoms with Crippen molar-refractivity contribution in [3.63, 3.8) is 0 Å². The first-order valence-electron chi connectivity index (χ1n) is 27.7. The van der Waals surface area contributed by atoms with Crippen LogP contribution in [-0.4, -0.2) is 9.13 Å². The number of fused-ring (bicyclic) bond motifs is 16. The van der Waals surface area contributed by atoms with E-state index < -0.39 is 0 Å². The summed E-state index contributed by atoms with van der Waals surface area (Å²) in [5.41, 5.74) is 23.3. The summed E-state index contributed by atoms with van der Waals surface area (Å²) in [6.07, 6.45) is 0. The van der Waals surface area contributed by atoms with E-state index in [1.54, 1.807) is 0 Å².